The van der Waals surface area contributed by atoms with E-state index in [0.717, 1.165) is 64.8 Å². The molecule has 5 rings (SSSR count). The number of carbonyl (C=O) groups is 2. The number of hydrogen-bond donors (Lipinski definition) is 1. The van der Waals surface area contributed by atoms with Crippen molar-refractivity contribution in [3.05, 3.63) is 58.6 Å². The molecular weight excluding hydrogens is 424 g/mol. The number of rotatable bonds is 5. The number of aromatic amines is 1. The second-order valence-corrected chi connectivity index (χ2v) is 11.8. The molecular formula is C29H36N2O3. The summed E-state index contributed by atoms with van der Waals surface area (Å²) in [7, 11) is 1.72. The molecule has 34 heavy (non-hydrogen) atoms. The van der Waals surface area contributed by atoms with Crippen LogP contribution in [0, 0.1) is 10.8 Å². The SMILES string of the molecule is COCCCN1C2=C(C(=O)CC(C)(C)C2)C(c2c[nH]c3ccccc23)C2=C1CC(C)(C)CC2=O. The van der Waals surface area contributed by atoms with Gasteiger partial charge < -0.3 is 14.6 Å². The molecule has 1 aliphatic heterocycles. The van der Waals surface area contributed by atoms with E-state index < -0.39 is 0 Å². The van der Waals surface area contributed by atoms with Crippen molar-refractivity contribution in [2.24, 2.45) is 10.8 Å². The number of benzene rings is 1. The fourth-order valence-electron chi connectivity index (χ4n) is 6.33. The maximum Gasteiger partial charge on any atom is 0.162 e. The van der Waals surface area contributed by atoms with Crippen LogP contribution in [0.3, 0.4) is 0 Å². The molecule has 0 saturated heterocycles. The number of H-pyrrole nitrogens is 1. The lowest BCUT2D eigenvalue weighted by molar-refractivity contribution is -0.119. The number of Topliss-reactive ketones (excluding diaryl/α,β-unsaturated/α-hetero) is 2. The Labute approximate surface area is 202 Å². The molecule has 2 heterocycles. The van der Waals surface area contributed by atoms with Crippen molar-refractivity contribution in [2.75, 3.05) is 20.3 Å². The lowest BCUT2D eigenvalue weighted by Crippen LogP contribution is -2.44. The number of ketones is 2. The van der Waals surface area contributed by atoms with Gasteiger partial charge in [0, 0.05) is 78.7 Å². The molecule has 0 fully saturated rings. The van der Waals surface area contributed by atoms with E-state index in [1.807, 2.05) is 18.3 Å². The second-order valence-electron chi connectivity index (χ2n) is 11.8. The first-order chi connectivity index (χ1) is 16.1. The van der Waals surface area contributed by atoms with Crippen molar-refractivity contribution in [1.29, 1.82) is 0 Å². The molecule has 5 nitrogen and oxygen atoms in total. The van der Waals surface area contributed by atoms with E-state index in [2.05, 4.69) is 49.7 Å². The minimum Gasteiger partial charge on any atom is -0.385 e. The highest BCUT2D eigenvalue weighted by Gasteiger charge is 2.49. The maximum atomic E-state index is 13.8. The van der Waals surface area contributed by atoms with Crippen LogP contribution in [0.25, 0.3) is 10.9 Å². The molecule has 2 aromatic rings. The first kappa shape index (κ1) is 23.1. The van der Waals surface area contributed by atoms with Crippen LogP contribution in [0.1, 0.15) is 71.3 Å². The van der Waals surface area contributed by atoms with Gasteiger partial charge in [-0.2, -0.15) is 0 Å². The molecule has 1 aromatic heterocycles. The molecule has 0 amide bonds. The number of hydrogen-bond acceptors (Lipinski definition) is 4. The summed E-state index contributed by atoms with van der Waals surface area (Å²) in [6.07, 6.45) is 5.57. The van der Waals surface area contributed by atoms with Gasteiger partial charge >= 0.3 is 0 Å². The third kappa shape index (κ3) is 3.84. The highest BCUT2D eigenvalue weighted by molar-refractivity contribution is 6.08. The molecule has 0 bridgehead atoms. The zero-order valence-electron chi connectivity index (χ0n) is 21.1. The van der Waals surface area contributed by atoms with Gasteiger partial charge in [-0.25, -0.2) is 0 Å². The molecule has 0 unspecified atom stereocenters. The maximum absolute atomic E-state index is 13.8. The van der Waals surface area contributed by atoms with E-state index in [0.29, 0.717) is 19.4 Å². The number of allylic oxidation sites excluding steroid dienone is 4. The van der Waals surface area contributed by atoms with Crippen LogP contribution in [-0.4, -0.2) is 41.7 Å². The summed E-state index contributed by atoms with van der Waals surface area (Å²) < 4.78 is 5.36. The Balaban J connectivity index is 1.76. The van der Waals surface area contributed by atoms with E-state index in [9.17, 15) is 9.59 Å². The normalized spacial score (nSPS) is 22.4. The summed E-state index contributed by atoms with van der Waals surface area (Å²) in [5.41, 5.74) is 5.80. The standard InChI is InChI=1S/C29H36N2O3/c1-28(2)13-21-26(23(32)15-28)25(19-17-30-20-10-7-6-9-18(19)20)27-22(31(21)11-8-12-34-5)14-29(3,4)16-24(27)33/h6-7,9-10,17,25,30H,8,11-16H2,1-5H3. The van der Waals surface area contributed by atoms with E-state index in [1.54, 1.807) is 7.11 Å². The first-order valence-electron chi connectivity index (χ1n) is 12.5. The number of aromatic nitrogens is 1. The van der Waals surface area contributed by atoms with Crippen LogP contribution in [-0.2, 0) is 14.3 Å². The van der Waals surface area contributed by atoms with Crippen molar-refractivity contribution < 1.29 is 14.3 Å². The number of nitrogens with one attached hydrogen (secondary N) is 1. The first-order valence-corrected chi connectivity index (χ1v) is 12.5. The number of carbonyl (C=O) groups excluding carboxylic acids is 2. The zero-order chi connectivity index (χ0) is 24.3. The van der Waals surface area contributed by atoms with Crippen LogP contribution in [0.4, 0.5) is 0 Å². The van der Waals surface area contributed by atoms with Crippen LogP contribution >= 0.6 is 0 Å². The van der Waals surface area contributed by atoms with Crippen LogP contribution in [0.2, 0.25) is 0 Å². The summed E-state index contributed by atoms with van der Waals surface area (Å²) >= 11 is 0. The van der Waals surface area contributed by atoms with Gasteiger partial charge in [0.25, 0.3) is 0 Å². The summed E-state index contributed by atoms with van der Waals surface area (Å²) in [6.45, 7) is 10.2. The van der Waals surface area contributed by atoms with Gasteiger partial charge in [0.1, 0.15) is 0 Å². The Kier molecular flexibility index (Phi) is 5.59. The smallest absolute Gasteiger partial charge is 0.162 e. The van der Waals surface area contributed by atoms with Crippen LogP contribution < -0.4 is 0 Å². The number of ether oxygens (including phenoxy) is 1. The third-order valence-corrected chi connectivity index (χ3v) is 7.68. The Bertz CT molecular complexity index is 1170. The van der Waals surface area contributed by atoms with Gasteiger partial charge in [-0.05, 0) is 41.7 Å². The quantitative estimate of drug-likeness (QED) is 0.565. The Morgan fingerprint density at radius 2 is 1.53 bits per heavy atom. The predicted molar refractivity (Wildman–Crippen MR) is 134 cm³/mol. The number of nitrogens with zero attached hydrogens (tertiary/aromatic N) is 1. The highest BCUT2D eigenvalue weighted by Crippen LogP contribution is 2.55. The van der Waals surface area contributed by atoms with Gasteiger partial charge in [0.15, 0.2) is 11.6 Å². The average molecular weight is 461 g/mol. The zero-order valence-corrected chi connectivity index (χ0v) is 21.1. The summed E-state index contributed by atoms with van der Waals surface area (Å²) in [4.78, 5) is 33.4. The van der Waals surface area contributed by atoms with Crippen molar-refractivity contribution in [3.63, 3.8) is 0 Å². The molecule has 5 heteroatoms. The summed E-state index contributed by atoms with van der Waals surface area (Å²) in [5, 5.41) is 1.09. The Morgan fingerprint density at radius 1 is 0.941 bits per heavy atom. The van der Waals surface area contributed by atoms with Crippen LogP contribution in [0.5, 0.6) is 0 Å². The molecule has 0 spiro atoms. The molecule has 0 atom stereocenters. The molecule has 3 aliphatic rings. The lowest BCUT2D eigenvalue weighted by atomic mass is 9.63. The molecule has 1 aromatic carbocycles. The highest BCUT2D eigenvalue weighted by atomic mass is 16.5. The predicted octanol–water partition coefficient (Wildman–Crippen LogP) is 5.89. The van der Waals surface area contributed by atoms with E-state index in [-0.39, 0.29) is 28.3 Å². The van der Waals surface area contributed by atoms with Gasteiger partial charge in [-0.1, -0.05) is 45.9 Å². The fraction of sp³-hybridized carbons (Fsp3) is 0.517. The number of fused-ring (bicyclic) bond motifs is 1. The average Bonchev–Trinajstić information content (AvgIpc) is 3.16. The molecule has 0 radical (unpaired) electrons. The van der Waals surface area contributed by atoms with Gasteiger partial charge in [0.05, 0.1) is 0 Å². The van der Waals surface area contributed by atoms with E-state index in [4.69, 9.17) is 4.74 Å². The van der Waals surface area contributed by atoms with Crippen molar-refractivity contribution >= 4 is 22.5 Å². The minimum atomic E-state index is -0.299. The Morgan fingerprint density at radius 3 is 2.12 bits per heavy atom. The van der Waals surface area contributed by atoms with Crippen molar-refractivity contribution in [2.45, 2.75) is 65.7 Å². The number of methoxy groups -OCH3 is 1. The number of para-hydroxylation sites is 1. The minimum absolute atomic E-state index is 0.105. The molecule has 1 N–H and O–H groups in total. The molecule has 0 saturated carbocycles. The topological polar surface area (TPSA) is 62.4 Å². The van der Waals surface area contributed by atoms with Gasteiger partial charge in [0.2, 0.25) is 0 Å². The van der Waals surface area contributed by atoms with Crippen LogP contribution in [0.15, 0.2) is 53.0 Å². The largest absolute Gasteiger partial charge is 0.385 e. The lowest BCUT2D eigenvalue weighted by Gasteiger charge is -2.49. The van der Waals surface area contributed by atoms with Gasteiger partial charge in [-0.15, -0.1) is 0 Å². The van der Waals surface area contributed by atoms with Crippen molar-refractivity contribution in [3.8, 4) is 0 Å². The fourth-order valence-corrected chi connectivity index (χ4v) is 6.33. The third-order valence-electron chi connectivity index (χ3n) is 7.68. The summed E-state index contributed by atoms with van der Waals surface area (Å²) in [6, 6.07) is 8.20. The van der Waals surface area contributed by atoms with E-state index >= 15 is 0 Å². The van der Waals surface area contributed by atoms with Gasteiger partial charge in [-0.3, -0.25) is 9.59 Å². The molecule has 180 valence electrons. The second kappa shape index (κ2) is 8.23. The molecule has 2 aliphatic carbocycles. The summed E-state index contributed by atoms with van der Waals surface area (Å²) in [5.74, 6) is 0.0666. The monoisotopic (exact) mass is 460 g/mol. The van der Waals surface area contributed by atoms with E-state index in [1.165, 1.54) is 0 Å². The Hall–Kier alpha value is -2.66. The van der Waals surface area contributed by atoms with Crippen molar-refractivity contribution in [1.82, 2.24) is 9.88 Å².